The fourth-order valence-electron chi connectivity index (χ4n) is 2.91. The van der Waals surface area contributed by atoms with Gasteiger partial charge < -0.3 is 19.9 Å². The topological polar surface area (TPSA) is 44.8 Å². The van der Waals surface area contributed by atoms with E-state index in [1.807, 2.05) is 30.3 Å². The van der Waals surface area contributed by atoms with E-state index in [0.29, 0.717) is 18.2 Å². The largest absolute Gasteiger partial charge is 0.492 e. The van der Waals surface area contributed by atoms with Crippen LogP contribution in [0.5, 0.6) is 5.75 Å². The first-order chi connectivity index (χ1) is 12.6. The molecule has 0 unspecified atom stereocenters. The van der Waals surface area contributed by atoms with Crippen LogP contribution in [0.3, 0.4) is 0 Å². The maximum Gasteiger partial charge on any atom is 0.321 e. The number of ether oxygens (including phenoxy) is 1. The van der Waals surface area contributed by atoms with Crippen molar-refractivity contribution in [1.29, 1.82) is 0 Å². The van der Waals surface area contributed by atoms with E-state index in [9.17, 15) is 4.79 Å². The molecule has 1 saturated heterocycles. The number of likely N-dealkylation sites (N-methyl/N-ethyl adjacent to an activating group) is 1. The zero-order valence-corrected chi connectivity index (χ0v) is 15.7. The van der Waals surface area contributed by atoms with Crippen molar-refractivity contribution in [3.8, 4) is 5.75 Å². The molecule has 1 heterocycles. The molecule has 6 heteroatoms. The number of amides is 2. The van der Waals surface area contributed by atoms with Crippen LogP contribution in [-0.2, 0) is 0 Å². The summed E-state index contributed by atoms with van der Waals surface area (Å²) in [7, 11) is 1.75. The Hall–Kier alpha value is -2.40. The third-order valence-corrected chi connectivity index (χ3v) is 4.68. The number of hydrogen-bond donors (Lipinski definition) is 1. The Balaban J connectivity index is 1.47. The lowest BCUT2D eigenvalue weighted by Crippen LogP contribution is -2.34. The minimum absolute atomic E-state index is 0.150. The first-order valence-corrected chi connectivity index (χ1v) is 9.25. The minimum Gasteiger partial charge on any atom is -0.492 e. The molecule has 0 spiro atoms. The quantitative estimate of drug-likeness (QED) is 0.811. The van der Waals surface area contributed by atoms with Crippen molar-refractivity contribution in [2.24, 2.45) is 0 Å². The second kappa shape index (κ2) is 8.81. The molecule has 2 amide bonds. The zero-order chi connectivity index (χ0) is 18.4. The number of benzene rings is 2. The molecule has 1 N–H and O–H groups in total. The van der Waals surface area contributed by atoms with E-state index >= 15 is 0 Å². The lowest BCUT2D eigenvalue weighted by molar-refractivity contribution is 0.207. The Morgan fingerprint density at radius 3 is 2.65 bits per heavy atom. The Morgan fingerprint density at radius 2 is 1.92 bits per heavy atom. The molecule has 0 radical (unpaired) electrons. The van der Waals surface area contributed by atoms with Gasteiger partial charge in [0.05, 0.1) is 6.54 Å². The molecule has 0 saturated carbocycles. The molecule has 1 fully saturated rings. The highest BCUT2D eigenvalue weighted by Crippen LogP contribution is 2.23. The van der Waals surface area contributed by atoms with Gasteiger partial charge in [-0.1, -0.05) is 17.7 Å². The lowest BCUT2D eigenvalue weighted by atomic mass is 10.2. The van der Waals surface area contributed by atoms with Gasteiger partial charge in [-0.25, -0.2) is 4.79 Å². The van der Waals surface area contributed by atoms with Crippen molar-refractivity contribution in [3.05, 3.63) is 53.6 Å². The molecule has 5 nitrogen and oxygen atoms in total. The van der Waals surface area contributed by atoms with Gasteiger partial charge in [0, 0.05) is 36.5 Å². The second-order valence-corrected chi connectivity index (χ2v) is 6.84. The summed E-state index contributed by atoms with van der Waals surface area (Å²) in [4.78, 5) is 16.3. The first-order valence-electron chi connectivity index (χ1n) is 8.87. The van der Waals surface area contributed by atoms with Crippen LogP contribution in [0.2, 0.25) is 5.02 Å². The van der Waals surface area contributed by atoms with Crippen LogP contribution in [0.1, 0.15) is 12.8 Å². The van der Waals surface area contributed by atoms with Crippen LogP contribution in [0.15, 0.2) is 48.5 Å². The number of nitrogens with zero attached hydrogens (tertiary/aromatic N) is 2. The van der Waals surface area contributed by atoms with Crippen LogP contribution in [0.4, 0.5) is 16.2 Å². The van der Waals surface area contributed by atoms with Crippen LogP contribution in [0, 0.1) is 0 Å². The summed E-state index contributed by atoms with van der Waals surface area (Å²) in [5.41, 5.74) is 1.97. The van der Waals surface area contributed by atoms with Gasteiger partial charge in [0.25, 0.3) is 0 Å². The van der Waals surface area contributed by atoms with E-state index in [2.05, 4.69) is 16.3 Å². The van der Waals surface area contributed by atoms with Crippen molar-refractivity contribution in [2.75, 3.05) is 43.5 Å². The predicted octanol–water partition coefficient (Wildman–Crippen LogP) is 4.48. The fourth-order valence-corrected chi connectivity index (χ4v) is 3.03. The average Bonchev–Trinajstić information content (AvgIpc) is 3.18. The zero-order valence-electron chi connectivity index (χ0n) is 15.0. The van der Waals surface area contributed by atoms with Gasteiger partial charge in [0.15, 0.2) is 0 Å². The highest BCUT2D eigenvalue weighted by atomic mass is 35.5. The number of hydrogen-bond acceptors (Lipinski definition) is 3. The maximum absolute atomic E-state index is 12.4. The molecule has 26 heavy (non-hydrogen) atoms. The van der Waals surface area contributed by atoms with Gasteiger partial charge in [-0.05, 0) is 55.3 Å². The average molecular weight is 374 g/mol. The van der Waals surface area contributed by atoms with Gasteiger partial charge in [-0.15, -0.1) is 0 Å². The van der Waals surface area contributed by atoms with Crippen molar-refractivity contribution >= 4 is 29.0 Å². The van der Waals surface area contributed by atoms with E-state index in [0.717, 1.165) is 30.2 Å². The number of carbonyl (C=O) groups excluding carboxylic acids is 1. The molecular formula is C20H24ClN3O2. The third kappa shape index (κ3) is 5.05. The van der Waals surface area contributed by atoms with E-state index in [-0.39, 0.29) is 6.03 Å². The Bertz CT molecular complexity index is 730. The Kier molecular flexibility index (Phi) is 6.23. The van der Waals surface area contributed by atoms with Gasteiger partial charge in [-0.3, -0.25) is 0 Å². The molecule has 138 valence electrons. The van der Waals surface area contributed by atoms with Crippen molar-refractivity contribution in [2.45, 2.75) is 12.8 Å². The second-order valence-electron chi connectivity index (χ2n) is 6.40. The molecule has 1 aliphatic heterocycles. The number of anilines is 2. The molecule has 3 rings (SSSR count). The van der Waals surface area contributed by atoms with Crippen LogP contribution in [0.25, 0.3) is 0 Å². The van der Waals surface area contributed by atoms with Crippen molar-refractivity contribution in [3.63, 3.8) is 0 Å². The smallest absolute Gasteiger partial charge is 0.321 e. The summed E-state index contributed by atoms with van der Waals surface area (Å²) in [6, 6.07) is 15.0. The van der Waals surface area contributed by atoms with Crippen molar-refractivity contribution < 1.29 is 9.53 Å². The molecule has 0 atom stereocenters. The normalized spacial score (nSPS) is 13.5. The first kappa shape index (κ1) is 18.4. The summed E-state index contributed by atoms with van der Waals surface area (Å²) >= 11 is 5.85. The van der Waals surface area contributed by atoms with Gasteiger partial charge in [0.2, 0.25) is 0 Å². The standard InChI is InChI=1S/C20H24ClN3O2/c1-23(13-14-26-19-9-7-16(21)8-10-19)20(25)22-17-5-4-6-18(15-17)24-11-2-3-12-24/h4-10,15H,2-3,11-14H2,1H3,(H,22,25). The maximum atomic E-state index is 12.4. The lowest BCUT2D eigenvalue weighted by Gasteiger charge is -2.20. The van der Waals surface area contributed by atoms with Gasteiger partial charge in [0.1, 0.15) is 12.4 Å². The SMILES string of the molecule is CN(CCOc1ccc(Cl)cc1)C(=O)Nc1cccc(N2CCCC2)c1. The van der Waals surface area contributed by atoms with E-state index in [1.54, 1.807) is 24.1 Å². The predicted molar refractivity (Wildman–Crippen MR) is 106 cm³/mol. The number of halogens is 1. The van der Waals surface area contributed by atoms with E-state index in [4.69, 9.17) is 16.3 Å². The molecule has 1 aliphatic rings. The fraction of sp³-hybridized carbons (Fsp3) is 0.350. The van der Waals surface area contributed by atoms with E-state index < -0.39 is 0 Å². The Labute approximate surface area is 159 Å². The molecule has 0 aliphatic carbocycles. The molecular weight excluding hydrogens is 350 g/mol. The van der Waals surface area contributed by atoms with Gasteiger partial charge >= 0.3 is 6.03 Å². The molecule has 2 aromatic carbocycles. The Morgan fingerprint density at radius 1 is 1.19 bits per heavy atom. The number of urea groups is 1. The van der Waals surface area contributed by atoms with Crippen molar-refractivity contribution in [1.82, 2.24) is 4.90 Å². The third-order valence-electron chi connectivity index (χ3n) is 4.42. The molecule has 2 aromatic rings. The summed E-state index contributed by atoms with van der Waals surface area (Å²) in [5, 5.41) is 3.62. The molecule has 0 bridgehead atoms. The summed E-state index contributed by atoms with van der Waals surface area (Å²) in [6.07, 6.45) is 2.46. The molecule has 0 aromatic heterocycles. The minimum atomic E-state index is -0.150. The van der Waals surface area contributed by atoms with Gasteiger partial charge in [-0.2, -0.15) is 0 Å². The monoisotopic (exact) mass is 373 g/mol. The van der Waals surface area contributed by atoms with Crippen LogP contribution >= 0.6 is 11.6 Å². The number of carbonyl (C=O) groups is 1. The summed E-state index contributed by atoms with van der Waals surface area (Å²) in [6.45, 7) is 3.07. The number of nitrogens with one attached hydrogen (secondary N) is 1. The highest BCUT2D eigenvalue weighted by Gasteiger charge is 2.14. The van der Waals surface area contributed by atoms with Crippen LogP contribution < -0.4 is 15.0 Å². The summed E-state index contributed by atoms with van der Waals surface area (Å²) in [5.74, 6) is 0.738. The van der Waals surface area contributed by atoms with E-state index in [1.165, 1.54) is 12.8 Å². The van der Waals surface area contributed by atoms with Crippen LogP contribution in [-0.4, -0.2) is 44.2 Å². The summed E-state index contributed by atoms with van der Waals surface area (Å²) < 4.78 is 5.63. The number of rotatable bonds is 6. The highest BCUT2D eigenvalue weighted by molar-refractivity contribution is 6.30.